The molecule has 0 fully saturated rings. The molecule has 0 radical (unpaired) electrons. The number of anilines is 1. The van der Waals surface area contributed by atoms with Crippen molar-refractivity contribution in [1.82, 2.24) is 0 Å². The molecule has 1 aromatic heterocycles. The Morgan fingerprint density at radius 2 is 2.04 bits per heavy atom. The number of hydrogen-bond donors (Lipinski definition) is 2. The van der Waals surface area contributed by atoms with Gasteiger partial charge in [0.1, 0.15) is 10.8 Å². The standard InChI is InChI=1S/C18H22N2O3S/c1-5-14-11(4)24-18(15(14)16(19)21)20-17(22)12-7-6-8-13(9-12)23-10(2)3/h6-10H,5H2,1-4H3,(H2,19,21)(H,20,22). The van der Waals surface area contributed by atoms with E-state index in [1.54, 1.807) is 24.3 Å². The summed E-state index contributed by atoms with van der Waals surface area (Å²) in [5.41, 5.74) is 7.25. The Hall–Kier alpha value is -2.34. The zero-order valence-electron chi connectivity index (χ0n) is 14.3. The van der Waals surface area contributed by atoms with Crippen molar-refractivity contribution in [1.29, 1.82) is 0 Å². The summed E-state index contributed by atoms with van der Waals surface area (Å²) in [6.07, 6.45) is 0.714. The van der Waals surface area contributed by atoms with E-state index >= 15 is 0 Å². The molecule has 3 N–H and O–H groups in total. The van der Waals surface area contributed by atoms with Crippen LogP contribution in [-0.2, 0) is 6.42 Å². The van der Waals surface area contributed by atoms with E-state index in [4.69, 9.17) is 10.5 Å². The van der Waals surface area contributed by atoms with Gasteiger partial charge in [-0.25, -0.2) is 0 Å². The molecule has 0 atom stereocenters. The van der Waals surface area contributed by atoms with Crippen molar-refractivity contribution in [3.05, 3.63) is 45.8 Å². The molecule has 0 saturated carbocycles. The zero-order valence-corrected chi connectivity index (χ0v) is 15.1. The fourth-order valence-electron chi connectivity index (χ4n) is 2.51. The number of amides is 2. The van der Waals surface area contributed by atoms with E-state index in [0.29, 0.717) is 28.3 Å². The van der Waals surface area contributed by atoms with Gasteiger partial charge in [0.05, 0.1) is 11.7 Å². The van der Waals surface area contributed by atoms with Crippen molar-refractivity contribution >= 4 is 28.2 Å². The number of primary amides is 1. The third kappa shape index (κ3) is 3.94. The summed E-state index contributed by atoms with van der Waals surface area (Å²) in [6, 6.07) is 6.95. The molecule has 5 nitrogen and oxygen atoms in total. The van der Waals surface area contributed by atoms with Crippen LogP contribution in [0.15, 0.2) is 24.3 Å². The Labute approximate surface area is 145 Å². The molecule has 0 aliphatic carbocycles. The van der Waals surface area contributed by atoms with Crippen molar-refractivity contribution in [3.63, 3.8) is 0 Å². The third-order valence-electron chi connectivity index (χ3n) is 3.50. The van der Waals surface area contributed by atoms with Gasteiger partial charge in [-0.15, -0.1) is 11.3 Å². The van der Waals surface area contributed by atoms with Crippen LogP contribution in [0.3, 0.4) is 0 Å². The van der Waals surface area contributed by atoms with Gasteiger partial charge in [-0.05, 0) is 51.0 Å². The molecule has 2 rings (SSSR count). The second-order valence-corrected chi connectivity index (χ2v) is 6.93. The molecule has 1 aromatic carbocycles. The highest BCUT2D eigenvalue weighted by molar-refractivity contribution is 7.16. The van der Waals surface area contributed by atoms with Gasteiger partial charge in [-0.1, -0.05) is 13.0 Å². The Bertz CT molecular complexity index is 766. The number of thiophene rings is 1. The third-order valence-corrected chi connectivity index (χ3v) is 4.57. The number of ether oxygens (including phenoxy) is 1. The first-order valence-electron chi connectivity index (χ1n) is 7.83. The minimum Gasteiger partial charge on any atom is -0.491 e. The van der Waals surface area contributed by atoms with Crippen LogP contribution in [0.2, 0.25) is 0 Å². The van der Waals surface area contributed by atoms with E-state index in [9.17, 15) is 9.59 Å². The SMILES string of the molecule is CCc1c(C)sc(NC(=O)c2cccc(OC(C)C)c2)c1C(N)=O. The summed E-state index contributed by atoms with van der Waals surface area (Å²) in [7, 11) is 0. The van der Waals surface area contributed by atoms with Crippen LogP contribution in [0, 0.1) is 6.92 Å². The number of nitrogens with one attached hydrogen (secondary N) is 1. The average molecular weight is 346 g/mol. The normalized spacial score (nSPS) is 10.7. The van der Waals surface area contributed by atoms with Crippen LogP contribution >= 0.6 is 11.3 Å². The minimum atomic E-state index is -0.525. The van der Waals surface area contributed by atoms with Crippen molar-refractivity contribution in [2.24, 2.45) is 5.73 Å². The molecule has 2 amide bonds. The molecule has 6 heteroatoms. The lowest BCUT2D eigenvalue weighted by atomic mass is 10.1. The number of benzene rings is 1. The molecule has 2 aromatic rings. The first kappa shape index (κ1) is 18.0. The van der Waals surface area contributed by atoms with Crippen LogP contribution in [0.25, 0.3) is 0 Å². The molecule has 1 heterocycles. The number of carbonyl (C=O) groups excluding carboxylic acids is 2. The monoisotopic (exact) mass is 346 g/mol. The Balaban J connectivity index is 2.29. The van der Waals surface area contributed by atoms with E-state index < -0.39 is 5.91 Å². The lowest BCUT2D eigenvalue weighted by Gasteiger charge is -2.11. The highest BCUT2D eigenvalue weighted by Crippen LogP contribution is 2.33. The average Bonchev–Trinajstić information content (AvgIpc) is 2.82. The van der Waals surface area contributed by atoms with Gasteiger partial charge in [0.25, 0.3) is 11.8 Å². The molecule has 0 unspecified atom stereocenters. The molecular weight excluding hydrogens is 324 g/mol. The molecule has 0 bridgehead atoms. The first-order chi connectivity index (χ1) is 11.3. The van der Waals surface area contributed by atoms with Crippen LogP contribution in [0.4, 0.5) is 5.00 Å². The van der Waals surface area contributed by atoms with Crippen LogP contribution in [0.1, 0.15) is 51.9 Å². The largest absolute Gasteiger partial charge is 0.491 e. The highest BCUT2D eigenvalue weighted by Gasteiger charge is 2.21. The molecule has 0 aliphatic heterocycles. The van der Waals surface area contributed by atoms with Crippen LogP contribution in [0.5, 0.6) is 5.75 Å². The van der Waals surface area contributed by atoms with E-state index in [2.05, 4.69) is 5.32 Å². The summed E-state index contributed by atoms with van der Waals surface area (Å²) in [6.45, 7) is 7.72. The Kier molecular flexibility index (Phi) is 5.62. The predicted octanol–water partition coefficient (Wildman–Crippen LogP) is 3.76. The first-order valence-corrected chi connectivity index (χ1v) is 8.65. The number of carbonyl (C=O) groups is 2. The number of nitrogens with two attached hydrogens (primary N) is 1. The molecule has 0 saturated heterocycles. The van der Waals surface area contributed by atoms with Gasteiger partial charge >= 0.3 is 0 Å². The van der Waals surface area contributed by atoms with Gasteiger partial charge in [-0.3, -0.25) is 9.59 Å². The predicted molar refractivity (Wildman–Crippen MR) is 97.1 cm³/mol. The van der Waals surface area contributed by atoms with Gasteiger partial charge in [0, 0.05) is 10.4 Å². The Morgan fingerprint density at radius 1 is 1.33 bits per heavy atom. The highest BCUT2D eigenvalue weighted by atomic mass is 32.1. The van der Waals surface area contributed by atoms with Gasteiger partial charge in [-0.2, -0.15) is 0 Å². The number of aryl methyl sites for hydroxylation is 1. The summed E-state index contributed by atoms with van der Waals surface area (Å²) in [4.78, 5) is 25.3. The minimum absolute atomic E-state index is 0.0248. The quantitative estimate of drug-likeness (QED) is 0.835. The number of hydrogen-bond acceptors (Lipinski definition) is 4. The second kappa shape index (κ2) is 7.49. The zero-order chi connectivity index (χ0) is 17.9. The summed E-state index contributed by atoms with van der Waals surface area (Å²) >= 11 is 1.37. The van der Waals surface area contributed by atoms with Crippen molar-refractivity contribution in [2.45, 2.75) is 40.2 Å². The molecule has 0 aliphatic rings. The van der Waals surface area contributed by atoms with Gasteiger partial charge < -0.3 is 15.8 Å². The fourth-order valence-corrected chi connectivity index (χ4v) is 3.66. The maximum atomic E-state index is 12.5. The van der Waals surface area contributed by atoms with E-state index in [1.165, 1.54) is 11.3 Å². The van der Waals surface area contributed by atoms with E-state index in [-0.39, 0.29) is 12.0 Å². The second-order valence-electron chi connectivity index (χ2n) is 5.71. The maximum absolute atomic E-state index is 12.5. The molecular formula is C18H22N2O3S. The van der Waals surface area contributed by atoms with E-state index in [1.807, 2.05) is 27.7 Å². The van der Waals surface area contributed by atoms with Crippen molar-refractivity contribution in [3.8, 4) is 5.75 Å². The van der Waals surface area contributed by atoms with Crippen molar-refractivity contribution < 1.29 is 14.3 Å². The Morgan fingerprint density at radius 3 is 2.62 bits per heavy atom. The van der Waals surface area contributed by atoms with Crippen molar-refractivity contribution in [2.75, 3.05) is 5.32 Å². The number of rotatable bonds is 6. The maximum Gasteiger partial charge on any atom is 0.256 e. The smallest absolute Gasteiger partial charge is 0.256 e. The van der Waals surface area contributed by atoms with Crippen LogP contribution in [-0.4, -0.2) is 17.9 Å². The summed E-state index contributed by atoms with van der Waals surface area (Å²) in [5.74, 6) is -0.191. The molecule has 24 heavy (non-hydrogen) atoms. The van der Waals surface area contributed by atoms with E-state index in [0.717, 1.165) is 10.4 Å². The van der Waals surface area contributed by atoms with Crippen LogP contribution < -0.4 is 15.8 Å². The van der Waals surface area contributed by atoms with Gasteiger partial charge in [0.15, 0.2) is 0 Å². The molecule has 128 valence electrons. The summed E-state index contributed by atoms with van der Waals surface area (Å²) < 4.78 is 5.61. The topological polar surface area (TPSA) is 81.4 Å². The lowest BCUT2D eigenvalue weighted by Crippen LogP contribution is -2.18. The molecule has 0 spiro atoms. The fraction of sp³-hybridized carbons (Fsp3) is 0.333. The summed E-state index contributed by atoms with van der Waals surface area (Å²) in [5, 5.41) is 3.30. The lowest BCUT2D eigenvalue weighted by molar-refractivity contribution is 0.100. The van der Waals surface area contributed by atoms with Gasteiger partial charge in [0.2, 0.25) is 0 Å².